The van der Waals surface area contributed by atoms with E-state index >= 15 is 0 Å². The number of ether oxygens (including phenoxy) is 1. The van der Waals surface area contributed by atoms with E-state index in [-0.39, 0.29) is 41.3 Å². The van der Waals surface area contributed by atoms with Crippen molar-refractivity contribution in [3.05, 3.63) is 82.4 Å². The topological polar surface area (TPSA) is 101 Å². The molecule has 1 heterocycles. The van der Waals surface area contributed by atoms with Gasteiger partial charge in [0.15, 0.2) is 11.6 Å². The predicted octanol–water partition coefficient (Wildman–Crippen LogP) is 5.83. The molecule has 2 N–H and O–H groups in total. The molecule has 6 nitrogen and oxygen atoms in total. The first kappa shape index (κ1) is 26.2. The lowest BCUT2D eigenvalue weighted by Gasteiger charge is -2.42. The maximum Gasteiger partial charge on any atom is 0.304 e. The minimum absolute atomic E-state index is 0.00584. The fourth-order valence-corrected chi connectivity index (χ4v) is 4.90. The number of Topliss-reactive ketones (excluding diaryl/α,β-unsaturated/α-hetero) is 2. The molecular weight excluding hydrogens is 444 g/mol. The van der Waals surface area contributed by atoms with Crippen LogP contribution in [0.25, 0.3) is 0 Å². The first-order valence-corrected chi connectivity index (χ1v) is 11.9. The Balaban J connectivity index is 2.42. The van der Waals surface area contributed by atoms with E-state index in [2.05, 4.69) is 6.58 Å². The van der Waals surface area contributed by atoms with Gasteiger partial charge in [0, 0.05) is 11.5 Å². The van der Waals surface area contributed by atoms with Crippen molar-refractivity contribution in [1.82, 2.24) is 0 Å². The summed E-state index contributed by atoms with van der Waals surface area (Å²) in [7, 11) is 0. The molecule has 0 bridgehead atoms. The molecule has 0 fully saturated rings. The number of ketones is 2. The second-order valence-electron chi connectivity index (χ2n) is 9.98. The van der Waals surface area contributed by atoms with E-state index in [4.69, 9.17) is 4.74 Å². The van der Waals surface area contributed by atoms with Crippen molar-refractivity contribution in [2.24, 2.45) is 11.3 Å². The number of benzene rings is 1. The molecule has 186 valence electrons. The Morgan fingerprint density at radius 2 is 1.80 bits per heavy atom. The molecular formula is C29H34O6. The molecule has 0 radical (unpaired) electrons. The average molecular weight is 479 g/mol. The highest BCUT2D eigenvalue weighted by atomic mass is 16.5. The molecule has 6 heteroatoms. The summed E-state index contributed by atoms with van der Waals surface area (Å²) in [5, 5.41) is 21.7. The van der Waals surface area contributed by atoms with Crippen LogP contribution >= 0.6 is 0 Å². The van der Waals surface area contributed by atoms with Gasteiger partial charge in [-0.15, -0.1) is 6.58 Å². The Labute approximate surface area is 206 Å². The quantitative estimate of drug-likeness (QED) is 0.360. The van der Waals surface area contributed by atoms with Crippen molar-refractivity contribution in [2.45, 2.75) is 65.9 Å². The van der Waals surface area contributed by atoms with Crippen LogP contribution in [0.5, 0.6) is 0 Å². The summed E-state index contributed by atoms with van der Waals surface area (Å²) < 4.78 is 6.12. The first-order valence-electron chi connectivity index (χ1n) is 11.9. The van der Waals surface area contributed by atoms with Crippen LogP contribution in [0.15, 0.2) is 76.8 Å². The molecule has 1 aromatic carbocycles. The summed E-state index contributed by atoms with van der Waals surface area (Å²) in [6, 6.07) is 8.94. The van der Waals surface area contributed by atoms with Crippen LogP contribution < -0.4 is 0 Å². The van der Waals surface area contributed by atoms with Crippen LogP contribution in [0.2, 0.25) is 0 Å². The van der Waals surface area contributed by atoms with E-state index in [1.807, 2.05) is 26.8 Å². The largest absolute Gasteiger partial charge is 0.510 e. The zero-order valence-electron chi connectivity index (χ0n) is 21.1. The molecule has 2 aliphatic rings. The van der Waals surface area contributed by atoms with Gasteiger partial charge in [0.25, 0.3) is 0 Å². The Bertz CT molecular complexity index is 1150. The summed E-state index contributed by atoms with van der Waals surface area (Å²) >= 11 is 0. The maximum atomic E-state index is 14.1. The van der Waals surface area contributed by atoms with Gasteiger partial charge in [0.2, 0.25) is 0 Å². The first-order chi connectivity index (χ1) is 16.4. The standard InChI is InChI=1S/C29H34O6/c1-16(2)12-13-29(15-17(3)4)27(33)23(21(14-22(30)31)20-10-8-7-9-11-20)26-24(28(29)34)25(32)18(5)19(6)35-26/h7-11,15,18-19,21,33H,1,12-14H2,2-6H3,(H,30,31). The minimum atomic E-state index is -1.52. The fraction of sp³-hybridized carbons (Fsp3) is 0.414. The Morgan fingerprint density at radius 1 is 1.17 bits per heavy atom. The minimum Gasteiger partial charge on any atom is -0.510 e. The SMILES string of the molecule is C=C(C)CCC1(C=C(C)C)C(=O)C2=C(OC(C)C(C)C2=O)C(C(CC(=O)O)c2ccccc2)=C1O. The van der Waals surface area contributed by atoms with Crippen LogP contribution in [-0.4, -0.2) is 33.9 Å². The molecule has 35 heavy (non-hydrogen) atoms. The number of hydrogen-bond acceptors (Lipinski definition) is 5. The number of aliphatic carboxylic acids is 1. The third-order valence-electron chi connectivity index (χ3n) is 6.86. The summed E-state index contributed by atoms with van der Waals surface area (Å²) in [5.41, 5.74) is 0.845. The zero-order chi connectivity index (χ0) is 26.1. The number of rotatable bonds is 8. The third kappa shape index (κ3) is 4.88. The van der Waals surface area contributed by atoms with Crippen LogP contribution in [0, 0.1) is 11.3 Å². The zero-order valence-corrected chi connectivity index (χ0v) is 21.1. The van der Waals surface area contributed by atoms with Crippen LogP contribution in [-0.2, 0) is 19.1 Å². The maximum absolute atomic E-state index is 14.1. The molecule has 4 atom stereocenters. The van der Waals surface area contributed by atoms with E-state index in [1.165, 1.54) is 0 Å². The van der Waals surface area contributed by atoms with E-state index in [1.54, 1.807) is 44.2 Å². The van der Waals surface area contributed by atoms with E-state index in [0.29, 0.717) is 12.0 Å². The Morgan fingerprint density at radius 3 is 2.34 bits per heavy atom. The van der Waals surface area contributed by atoms with Gasteiger partial charge in [0.1, 0.15) is 28.6 Å². The summed E-state index contributed by atoms with van der Waals surface area (Å²) in [5.74, 6) is -3.56. The molecule has 1 aromatic rings. The van der Waals surface area contributed by atoms with Crippen LogP contribution in [0.1, 0.15) is 65.4 Å². The summed E-state index contributed by atoms with van der Waals surface area (Å²) in [6.07, 6.45) is 1.44. The summed E-state index contributed by atoms with van der Waals surface area (Å²) in [4.78, 5) is 39.6. The van der Waals surface area contributed by atoms with Gasteiger partial charge in [-0.25, -0.2) is 0 Å². The average Bonchev–Trinajstić information content (AvgIpc) is 2.78. The second-order valence-corrected chi connectivity index (χ2v) is 9.98. The number of aliphatic hydroxyl groups excluding tert-OH is 1. The summed E-state index contributed by atoms with van der Waals surface area (Å²) in [6.45, 7) is 12.9. The highest BCUT2D eigenvalue weighted by molar-refractivity contribution is 6.26. The molecule has 0 amide bonds. The van der Waals surface area contributed by atoms with Crippen LogP contribution in [0.3, 0.4) is 0 Å². The van der Waals surface area contributed by atoms with Gasteiger partial charge in [-0.05, 0) is 46.1 Å². The molecule has 0 aromatic heterocycles. The Hall–Kier alpha value is -3.41. The molecule has 3 rings (SSSR count). The van der Waals surface area contributed by atoms with Crippen molar-refractivity contribution in [2.75, 3.05) is 0 Å². The monoisotopic (exact) mass is 478 g/mol. The van der Waals surface area contributed by atoms with Gasteiger partial charge in [-0.3, -0.25) is 14.4 Å². The lowest BCUT2D eigenvalue weighted by atomic mass is 9.64. The number of hydrogen-bond donors (Lipinski definition) is 2. The van der Waals surface area contributed by atoms with Crippen molar-refractivity contribution in [3.8, 4) is 0 Å². The Kier molecular flexibility index (Phi) is 7.53. The van der Waals surface area contributed by atoms with Gasteiger partial charge < -0.3 is 14.9 Å². The molecule has 4 unspecified atom stereocenters. The number of carbonyl (C=O) groups is 3. The number of carboxylic acid groups (broad SMARTS) is 1. The van der Waals surface area contributed by atoms with E-state index in [0.717, 1.165) is 11.1 Å². The highest BCUT2D eigenvalue weighted by Gasteiger charge is 2.54. The molecule has 1 aliphatic carbocycles. The molecule has 0 spiro atoms. The lowest BCUT2D eigenvalue weighted by molar-refractivity contribution is -0.137. The highest BCUT2D eigenvalue weighted by Crippen LogP contribution is 2.52. The number of allylic oxidation sites excluding steroid dienone is 5. The van der Waals surface area contributed by atoms with Crippen molar-refractivity contribution >= 4 is 17.5 Å². The normalized spacial score (nSPS) is 25.1. The van der Waals surface area contributed by atoms with Crippen molar-refractivity contribution < 1.29 is 29.3 Å². The molecule has 0 saturated carbocycles. The van der Waals surface area contributed by atoms with Gasteiger partial charge >= 0.3 is 5.97 Å². The predicted molar refractivity (Wildman–Crippen MR) is 134 cm³/mol. The van der Waals surface area contributed by atoms with Crippen molar-refractivity contribution in [3.63, 3.8) is 0 Å². The van der Waals surface area contributed by atoms with Crippen molar-refractivity contribution in [1.29, 1.82) is 0 Å². The van der Waals surface area contributed by atoms with Gasteiger partial charge in [-0.1, -0.05) is 54.5 Å². The van der Waals surface area contributed by atoms with Gasteiger partial charge in [-0.2, -0.15) is 0 Å². The van der Waals surface area contributed by atoms with Crippen LogP contribution in [0.4, 0.5) is 0 Å². The van der Waals surface area contributed by atoms with Gasteiger partial charge in [0.05, 0.1) is 12.3 Å². The second kappa shape index (κ2) is 10.1. The lowest BCUT2D eigenvalue weighted by Crippen LogP contribution is -2.46. The number of carbonyl (C=O) groups excluding carboxylic acids is 2. The van der Waals surface area contributed by atoms with E-state index < -0.39 is 35.1 Å². The third-order valence-corrected chi connectivity index (χ3v) is 6.86. The molecule has 1 aliphatic heterocycles. The van der Waals surface area contributed by atoms with E-state index in [9.17, 15) is 24.6 Å². The number of aliphatic hydroxyl groups is 1. The number of carboxylic acids is 1. The molecule has 0 saturated heterocycles. The fourth-order valence-electron chi connectivity index (χ4n) is 4.90. The smallest absolute Gasteiger partial charge is 0.304 e.